The largest absolute Gasteiger partial charge is 0.477 e. The topological polar surface area (TPSA) is 72.2 Å². The maximum absolute atomic E-state index is 14.5. The summed E-state index contributed by atoms with van der Waals surface area (Å²) in [6.45, 7) is 0. The van der Waals surface area contributed by atoms with Crippen LogP contribution in [0.2, 0.25) is 0 Å². The summed E-state index contributed by atoms with van der Waals surface area (Å²) in [5, 5.41) is 9.24. The van der Waals surface area contributed by atoms with E-state index in [-0.39, 0.29) is 28.2 Å². The van der Waals surface area contributed by atoms with Gasteiger partial charge in [0.1, 0.15) is 17.2 Å². The van der Waals surface area contributed by atoms with E-state index in [1.165, 1.54) is 24.4 Å². The molecule has 0 spiro atoms. The summed E-state index contributed by atoms with van der Waals surface area (Å²) in [5.74, 6) is -2.59. The van der Waals surface area contributed by atoms with Gasteiger partial charge in [-0.1, -0.05) is 0 Å². The molecule has 0 amide bonds. The molecular weight excluding hydrogens is 330 g/mol. The molecule has 0 radical (unpaired) electrons. The molecule has 1 aromatic carbocycles. The van der Waals surface area contributed by atoms with E-state index in [9.17, 15) is 23.5 Å². The van der Waals surface area contributed by atoms with E-state index in [0.29, 0.717) is 5.52 Å². The maximum atomic E-state index is 14.5. The van der Waals surface area contributed by atoms with Crippen LogP contribution in [0.3, 0.4) is 0 Å². The molecule has 4 rings (SSSR count). The second-order valence-corrected chi connectivity index (χ2v) is 6.03. The molecule has 0 saturated heterocycles. The number of halogens is 2. The monoisotopic (exact) mass is 342 g/mol. The van der Waals surface area contributed by atoms with Crippen LogP contribution in [0, 0.1) is 11.6 Å². The number of carboxylic acids is 1. The zero-order chi connectivity index (χ0) is 17.7. The number of carboxylic acid groups (broad SMARTS) is 1. The summed E-state index contributed by atoms with van der Waals surface area (Å²) in [4.78, 5) is 27.6. The molecule has 0 unspecified atom stereocenters. The Morgan fingerprint density at radius 2 is 2.00 bits per heavy atom. The number of rotatable bonds is 3. The first kappa shape index (κ1) is 15.4. The van der Waals surface area contributed by atoms with Crippen LogP contribution in [0.5, 0.6) is 0 Å². The molecule has 2 aromatic heterocycles. The van der Waals surface area contributed by atoms with Gasteiger partial charge in [-0.05, 0) is 37.1 Å². The Bertz CT molecular complexity index is 1070. The zero-order valence-corrected chi connectivity index (χ0v) is 12.9. The number of pyridine rings is 2. The Hall–Kier alpha value is -3.09. The molecule has 7 heteroatoms. The van der Waals surface area contributed by atoms with Gasteiger partial charge in [0.05, 0.1) is 17.4 Å². The first-order chi connectivity index (χ1) is 12.0. The molecule has 1 N–H and O–H groups in total. The number of carbonyl (C=O) groups is 1. The Morgan fingerprint density at radius 1 is 1.24 bits per heavy atom. The van der Waals surface area contributed by atoms with Gasteiger partial charge in [0.2, 0.25) is 5.43 Å². The van der Waals surface area contributed by atoms with Crippen LogP contribution < -0.4 is 5.43 Å². The van der Waals surface area contributed by atoms with Crippen molar-refractivity contribution < 1.29 is 18.7 Å². The van der Waals surface area contributed by atoms with Crippen molar-refractivity contribution in [2.45, 2.75) is 18.9 Å². The van der Waals surface area contributed by atoms with Crippen LogP contribution in [0.15, 0.2) is 41.5 Å². The van der Waals surface area contributed by atoms with E-state index in [1.54, 1.807) is 4.57 Å². The lowest BCUT2D eigenvalue weighted by molar-refractivity contribution is 0.0695. The van der Waals surface area contributed by atoms with Crippen molar-refractivity contribution in [2.75, 3.05) is 0 Å². The van der Waals surface area contributed by atoms with Gasteiger partial charge in [-0.2, -0.15) is 0 Å². The highest BCUT2D eigenvalue weighted by molar-refractivity contribution is 5.93. The minimum atomic E-state index is -1.34. The average Bonchev–Trinajstić information content (AvgIpc) is 3.41. The van der Waals surface area contributed by atoms with E-state index in [1.807, 2.05) is 0 Å². The molecule has 0 atom stereocenters. The first-order valence-electron chi connectivity index (χ1n) is 7.69. The number of hydrogen-bond acceptors (Lipinski definition) is 3. The lowest BCUT2D eigenvalue weighted by atomic mass is 10.0. The third kappa shape index (κ3) is 2.57. The molecule has 0 aliphatic heterocycles. The summed E-state index contributed by atoms with van der Waals surface area (Å²) in [7, 11) is 0. The molecule has 1 saturated carbocycles. The van der Waals surface area contributed by atoms with Crippen LogP contribution in [-0.2, 0) is 0 Å². The normalized spacial score (nSPS) is 14.0. The predicted molar refractivity (Wildman–Crippen MR) is 86.6 cm³/mol. The van der Waals surface area contributed by atoms with Gasteiger partial charge in [-0.25, -0.2) is 13.6 Å². The van der Waals surface area contributed by atoms with Crippen LogP contribution in [0.1, 0.15) is 29.2 Å². The van der Waals surface area contributed by atoms with Gasteiger partial charge in [0, 0.05) is 23.2 Å². The van der Waals surface area contributed by atoms with E-state index in [4.69, 9.17) is 0 Å². The molecule has 3 aromatic rings. The number of fused-ring (bicyclic) bond motifs is 1. The third-order valence-corrected chi connectivity index (χ3v) is 4.29. The lowest BCUT2D eigenvalue weighted by Crippen LogP contribution is -2.19. The number of hydrogen-bond donors (Lipinski definition) is 1. The van der Waals surface area contributed by atoms with Crippen molar-refractivity contribution in [2.24, 2.45) is 0 Å². The minimum Gasteiger partial charge on any atom is -0.477 e. The molecule has 1 fully saturated rings. The minimum absolute atomic E-state index is 0.00941. The summed E-state index contributed by atoms with van der Waals surface area (Å²) < 4.78 is 29.3. The fraction of sp³-hybridized carbons (Fsp3) is 0.167. The summed E-state index contributed by atoms with van der Waals surface area (Å²) >= 11 is 0. The second-order valence-electron chi connectivity index (χ2n) is 6.03. The molecule has 2 heterocycles. The Morgan fingerprint density at radius 3 is 2.60 bits per heavy atom. The van der Waals surface area contributed by atoms with E-state index < -0.39 is 23.0 Å². The second kappa shape index (κ2) is 5.47. The molecule has 5 nitrogen and oxygen atoms in total. The highest BCUT2D eigenvalue weighted by Gasteiger charge is 2.27. The van der Waals surface area contributed by atoms with Gasteiger partial charge in [0.15, 0.2) is 0 Å². The molecule has 25 heavy (non-hydrogen) atoms. The van der Waals surface area contributed by atoms with Crippen molar-refractivity contribution in [3.63, 3.8) is 0 Å². The van der Waals surface area contributed by atoms with E-state index >= 15 is 0 Å². The SMILES string of the molecule is O=C(O)c1cn(C2CC2)c2cc(-c3ccc(F)cn3)c(F)cc2c1=O. The standard InChI is InChI=1S/C18H12F2N2O3/c19-9-1-4-15(21-7-9)11-6-16-12(5-14(11)20)17(23)13(18(24)25)8-22(16)10-2-3-10/h1,4-8,10H,2-3H2,(H,24,25). The predicted octanol–water partition coefficient (Wildman–Crippen LogP) is 3.37. The van der Waals surface area contributed by atoms with Crippen molar-refractivity contribution in [3.05, 3.63) is 64.1 Å². The van der Waals surface area contributed by atoms with Gasteiger partial charge in [0.25, 0.3) is 0 Å². The Labute approximate surface area is 140 Å². The number of benzene rings is 1. The smallest absolute Gasteiger partial charge is 0.341 e. The van der Waals surface area contributed by atoms with E-state index in [2.05, 4.69) is 4.98 Å². The zero-order valence-electron chi connectivity index (χ0n) is 12.9. The van der Waals surface area contributed by atoms with Gasteiger partial charge < -0.3 is 9.67 Å². The van der Waals surface area contributed by atoms with Crippen molar-refractivity contribution in [1.29, 1.82) is 0 Å². The van der Waals surface area contributed by atoms with Crippen LogP contribution in [0.25, 0.3) is 22.2 Å². The fourth-order valence-corrected chi connectivity index (χ4v) is 2.91. The van der Waals surface area contributed by atoms with Gasteiger partial charge in [-0.15, -0.1) is 0 Å². The average molecular weight is 342 g/mol. The maximum Gasteiger partial charge on any atom is 0.341 e. The number of aromatic carboxylic acids is 1. The molecule has 1 aliphatic rings. The molecular formula is C18H12F2N2O3. The highest BCUT2D eigenvalue weighted by atomic mass is 19.1. The summed E-state index contributed by atoms with van der Waals surface area (Å²) in [6.07, 6.45) is 4.02. The van der Waals surface area contributed by atoms with E-state index in [0.717, 1.165) is 25.1 Å². The van der Waals surface area contributed by atoms with Crippen LogP contribution in [0.4, 0.5) is 8.78 Å². The number of nitrogens with zero attached hydrogens (tertiary/aromatic N) is 2. The fourth-order valence-electron chi connectivity index (χ4n) is 2.91. The Balaban J connectivity index is 2.03. The molecule has 1 aliphatic carbocycles. The molecule has 0 bridgehead atoms. The summed E-state index contributed by atoms with van der Waals surface area (Å²) in [5.41, 5.74) is -0.300. The van der Waals surface area contributed by atoms with Crippen molar-refractivity contribution in [1.82, 2.24) is 9.55 Å². The molecule has 126 valence electrons. The Kier molecular flexibility index (Phi) is 3.38. The van der Waals surface area contributed by atoms with Crippen molar-refractivity contribution in [3.8, 4) is 11.3 Å². The van der Waals surface area contributed by atoms with Gasteiger partial charge in [-0.3, -0.25) is 9.78 Å². The first-order valence-corrected chi connectivity index (χ1v) is 7.69. The third-order valence-electron chi connectivity index (χ3n) is 4.29. The van der Waals surface area contributed by atoms with Crippen molar-refractivity contribution >= 4 is 16.9 Å². The quantitative estimate of drug-likeness (QED) is 0.792. The van der Waals surface area contributed by atoms with Crippen LogP contribution in [-0.4, -0.2) is 20.6 Å². The van der Waals surface area contributed by atoms with Crippen LogP contribution >= 0.6 is 0 Å². The lowest BCUT2D eigenvalue weighted by Gasteiger charge is -2.13. The number of aromatic nitrogens is 2. The summed E-state index contributed by atoms with van der Waals surface area (Å²) in [6, 6.07) is 5.11. The highest BCUT2D eigenvalue weighted by Crippen LogP contribution is 2.38. The van der Waals surface area contributed by atoms with Gasteiger partial charge >= 0.3 is 5.97 Å².